The molecule has 3 heterocycles. The van der Waals surface area contributed by atoms with Gasteiger partial charge in [0, 0.05) is 6.42 Å². The van der Waals surface area contributed by atoms with Crippen LogP contribution in [0.2, 0.25) is 0 Å². The first-order chi connectivity index (χ1) is 41.3. The summed E-state index contributed by atoms with van der Waals surface area (Å²) in [6, 6.07) is -0.887. The molecule has 0 spiro atoms. The number of hydrogen-bond acceptors (Lipinski definition) is 18. The summed E-state index contributed by atoms with van der Waals surface area (Å²) in [5, 5.41) is 121. The molecular formula is C66H125NO18. The molecule has 3 aliphatic heterocycles. The highest BCUT2D eigenvalue weighted by Crippen LogP contribution is 2.33. The van der Waals surface area contributed by atoms with Crippen LogP contribution in [0.15, 0.2) is 12.2 Å². The average Bonchev–Trinajstić information content (AvgIpc) is 3.07. The minimum atomic E-state index is -1.97. The van der Waals surface area contributed by atoms with E-state index < -0.39 is 124 Å². The SMILES string of the molecule is CCCCCCCCC/C=C\CCCCCCCCCC(=O)NC(COC1OC(CO)C(OC2OC(CO)C(OC3OC(CO)C(O)C(O)C3O)C(O)C2O)C(O)C1O)C(O)CCCCCCCCCCCCCCCCCCCCCCCC. The molecule has 3 fully saturated rings. The van der Waals surface area contributed by atoms with Gasteiger partial charge in [0.05, 0.1) is 38.6 Å². The van der Waals surface area contributed by atoms with E-state index in [0.29, 0.717) is 12.8 Å². The summed E-state index contributed by atoms with van der Waals surface area (Å²) >= 11 is 0. The zero-order valence-electron chi connectivity index (χ0n) is 52.9. The van der Waals surface area contributed by atoms with Gasteiger partial charge in [0.25, 0.3) is 0 Å². The Morgan fingerprint density at radius 1 is 0.412 bits per heavy atom. The lowest BCUT2D eigenvalue weighted by molar-refractivity contribution is -0.379. The Kier molecular flexibility index (Phi) is 45.1. The summed E-state index contributed by atoms with van der Waals surface area (Å²) in [6.07, 6.45) is 25.7. The average molecular weight is 1220 g/mol. The first-order valence-corrected chi connectivity index (χ1v) is 34.4. The van der Waals surface area contributed by atoms with Crippen molar-refractivity contribution in [3.8, 4) is 0 Å². The van der Waals surface area contributed by atoms with Gasteiger partial charge in [0.1, 0.15) is 73.2 Å². The van der Waals surface area contributed by atoms with Gasteiger partial charge in [0.15, 0.2) is 18.9 Å². The third-order valence-electron chi connectivity index (χ3n) is 17.6. The zero-order chi connectivity index (χ0) is 61.9. The van der Waals surface area contributed by atoms with Gasteiger partial charge < -0.3 is 89.9 Å². The van der Waals surface area contributed by atoms with E-state index in [-0.39, 0.29) is 18.9 Å². The molecule has 17 atom stereocenters. The number of aliphatic hydroxyl groups excluding tert-OH is 11. The van der Waals surface area contributed by atoms with Crippen molar-refractivity contribution < 1.29 is 89.4 Å². The van der Waals surface area contributed by atoms with Crippen LogP contribution in [-0.2, 0) is 33.2 Å². The van der Waals surface area contributed by atoms with Crippen LogP contribution in [0.3, 0.4) is 0 Å². The Labute approximate surface area is 512 Å². The van der Waals surface area contributed by atoms with E-state index in [1.165, 1.54) is 180 Å². The normalized spacial score (nSPS) is 29.0. The summed E-state index contributed by atoms with van der Waals surface area (Å²) in [6.45, 7) is 1.82. The van der Waals surface area contributed by atoms with Crippen molar-refractivity contribution in [2.24, 2.45) is 0 Å². The monoisotopic (exact) mass is 1220 g/mol. The standard InChI is InChI=1S/C66H125NO18/c1-3-5-7-9-11-13-15-17-19-21-23-24-25-26-27-29-31-33-35-37-39-41-43-50(71)49(67-54(72)44-42-40-38-36-34-32-30-28-22-20-18-16-14-12-10-8-6-4-2)48-80-64-60(78)57(75)62(52(46-69)82-64)85-66-61(79)58(76)63(53(47-70)83-66)84-65-59(77)56(74)55(73)51(45-68)81-65/h20,22,49-53,55-66,68-71,73-79H,3-19,21,23-48H2,1-2H3,(H,67,72)/b22-20-. The first kappa shape index (κ1) is 77.8. The maximum absolute atomic E-state index is 13.4. The van der Waals surface area contributed by atoms with Crippen molar-refractivity contribution in [1.29, 1.82) is 0 Å². The number of carbonyl (C=O) groups is 1. The Morgan fingerprint density at radius 2 is 0.741 bits per heavy atom. The molecule has 3 saturated heterocycles. The molecule has 19 heteroatoms. The second-order valence-corrected chi connectivity index (χ2v) is 25.0. The third-order valence-corrected chi connectivity index (χ3v) is 17.6. The topological polar surface area (TPSA) is 307 Å². The zero-order valence-corrected chi connectivity index (χ0v) is 52.9. The summed E-state index contributed by atoms with van der Waals surface area (Å²) in [7, 11) is 0. The molecule has 1 amide bonds. The van der Waals surface area contributed by atoms with Crippen LogP contribution in [0.4, 0.5) is 0 Å². The molecule has 0 radical (unpaired) electrons. The molecule has 0 aromatic heterocycles. The van der Waals surface area contributed by atoms with Crippen LogP contribution in [0, 0.1) is 0 Å². The summed E-state index contributed by atoms with van der Waals surface area (Å²) in [4.78, 5) is 13.4. The number of amides is 1. The second-order valence-electron chi connectivity index (χ2n) is 25.0. The smallest absolute Gasteiger partial charge is 0.220 e. The number of ether oxygens (including phenoxy) is 6. The maximum atomic E-state index is 13.4. The molecule has 502 valence electrons. The number of aliphatic hydroxyl groups is 11. The fourth-order valence-corrected chi connectivity index (χ4v) is 12.0. The van der Waals surface area contributed by atoms with Crippen LogP contribution >= 0.6 is 0 Å². The van der Waals surface area contributed by atoms with E-state index >= 15 is 0 Å². The van der Waals surface area contributed by atoms with E-state index in [0.717, 1.165) is 57.8 Å². The molecule has 19 nitrogen and oxygen atoms in total. The van der Waals surface area contributed by atoms with Crippen LogP contribution in [0.25, 0.3) is 0 Å². The molecule has 0 bridgehead atoms. The number of carbonyl (C=O) groups excluding carboxylic acids is 1. The highest BCUT2D eigenvalue weighted by atomic mass is 16.8. The second kappa shape index (κ2) is 49.3. The highest BCUT2D eigenvalue weighted by Gasteiger charge is 2.53. The number of unbranched alkanes of at least 4 members (excludes halogenated alkanes) is 35. The molecule has 3 aliphatic rings. The lowest BCUT2D eigenvalue weighted by Crippen LogP contribution is -2.66. The van der Waals surface area contributed by atoms with Crippen molar-refractivity contribution in [1.82, 2.24) is 5.32 Å². The van der Waals surface area contributed by atoms with Gasteiger partial charge in [-0.1, -0.05) is 238 Å². The summed E-state index contributed by atoms with van der Waals surface area (Å²) < 4.78 is 34.4. The molecule has 3 rings (SSSR count). The Morgan fingerprint density at radius 3 is 1.14 bits per heavy atom. The Hall–Kier alpha value is -1.47. The summed E-state index contributed by atoms with van der Waals surface area (Å²) in [5.74, 6) is -0.243. The van der Waals surface area contributed by atoms with Gasteiger partial charge in [-0.2, -0.15) is 0 Å². The van der Waals surface area contributed by atoms with Crippen LogP contribution in [-0.4, -0.2) is 193 Å². The maximum Gasteiger partial charge on any atom is 0.220 e. The van der Waals surface area contributed by atoms with E-state index in [1.54, 1.807) is 0 Å². The molecule has 0 aliphatic carbocycles. The van der Waals surface area contributed by atoms with Gasteiger partial charge in [-0.05, 0) is 38.5 Å². The minimum Gasteiger partial charge on any atom is -0.394 e. The number of hydrogen-bond donors (Lipinski definition) is 12. The number of nitrogens with one attached hydrogen (secondary N) is 1. The first-order valence-electron chi connectivity index (χ1n) is 34.4. The van der Waals surface area contributed by atoms with E-state index in [4.69, 9.17) is 28.4 Å². The highest BCUT2D eigenvalue weighted by molar-refractivity contribution is 5.76. The van der Waals surface area contributed by atoms with E-state index in [2.05, 4.69) is 31.3 Å². The summed E-state index contributed by atoms with van der Waals surface area (Å²) in [5.41, 5.74) is 0. The lowest BCUT2D eigenvalue weighted by Gasteiger charge is -2.48. The van der Waals surface area contributed by atoms with Crippen molar-refractivity contribution in [3.05, 3.63) is 12.2 Å². The van der Waals surface area contributed by atoms with Gasteiger partial charge in [0.2, 0.25) is 5.91 Å². The van der Waals surface area contributed by atoms with E-state index in [1.807, 2.05) is 0 Å². The van der Waals surface area contributed by atoms with Crippen LogP contribution in [0.5, 0.6) is 0 Å². The number of allylic oxidation sites excluding steroid dienone is 2. The van der Waals surface area contributed by atoms with Crippen molar-refractivity contribution in [3.63, 3.8) is 0 Å². The van der Waals surface area contributed by atoms with Crippen LogP contribution < -0.4 is 5.32 Å². The Bertz CT molecular complexity index is 1600. The van der Waals surface area contributed by atoms with Gasteiger partial charge in [-0.3, -0.25) is 4.79 Å². The molecule has 12 N–H and O–H groups in total. The fraction of sp³-hybridized carbons (Fsp3) is 0.955. The number of rotatable bonds is 53. The quantitative estimate of drug-likeness (QED) is 0.0201. The van der Waals surface area contributed by atoms with Gasteiger partial charge >= 0.3 is 0 Å². The minimum absolute atomic E-state index is 0.243. The van der Waals surface area contributed by atoms with Crippen molar-refractivity contribution >= 4 is 5.91 Å². The fourth-order valence-electron chi connectivity index (χ4n) is 12.0. The molecule has 0 aromatic rings. The van der Waals surface area contributed by atoms with Gasteiger partial charge in [-0.25, -0.2) is 0 Å². The van der Waals surface area contributed by atoms with Crippen molar-refractivity contribution in [2.45, 2.75) is 375 Å². The van der Waals surface area contributed by atoms with E-state index in [9.17, 15) is 61.0 Å². The largest absolute Gasteiger partial charge is 0.394 e. The predicted molar refractivity (Wildman–Crippen MR) is 328 cm³/mol. The van der Waals surface area contributed by atoms with Crippen LogP contribution in [0.1, 0.15) is 271 Å². The molecule has 85 heavy (non-hydrogen) atoms. The van der Waals surface area contributed by atoms with Gasteiger partial charge in [-0.15, -0.1) is 0 Å². The molecule has 17 unspecified atom stereocenters. The Balaban J connectivity index is 1.44. The lowest BCUT2D eigenvalue weighted by atomic mass is 9.96. The third kappa shape index (κ3) is 31.9. The molecule has 0 aromatic carbocycles. The van der Waals surface area contributed by atoms with Crippen molar-refractivity contribution in [2.75, 3.05) is 26.4 Å². The predicted octanol–water partition coefficient (Wildman–Crippen LogP) is 8.50. The molecular weight excluding hydrogens is 1090 g/mol. The molecule has 0 saturated carbocycles.